The highest BCUT2D eigenvalue weighted by Gasteiger charge is 2.17. The Morgan fingerprint density at radius 3 is 1.95 bits per heavy atom. The Hall–Kier alpha value is -2.10. The van der Waals surface area contributed by atoms with E-state index in [4.69, 9.17) is 10.9 Å². The number of hydrogen-bond donors (Lipinski definition) is 3. The largest absolute Gasteiger partial charge is 0.506 e. The number of sulfonamides is 1. The second-order valence-electron chi connectivity index (χ2n) is 4.67. The fourth-order valence-electron chi connectivity index (χ4n) is 1.80. The van der Waals surface area contributed by atoms with Gasteiger partial charge in [-0.15, -0.1) is 0 Å². The van der Waals surface area contributed by atoms with E-state index < -0.39 is 19.9 Å². The van der Waals surface area contributed by atoms with Gasteiger partial charge in [0.15, 0.2) is 9.84 Å². The number of primary sulfonamides is 1. The van der Waals surface area contributed by atoms with Gasteiger partial charge in [0.1, 0.15) is 5.75 Å². The van der Waals surface area contributed by atoms with Crippen LogP contribution in [0.3, 0.4) is 0 Å². The maximum Gasteiger partial charge on any atom is 0.238 e. The molecule has 0 aromatic heterocycles. The van der Waals surface area contributed by atoms with Gasteiger partial charge in [0.05, 0.1) is 21.2 Å². The van der Waals surface area contributed by atoms with Crippen LogP contribution in [-0.4, -0.2) is 21.9 Å². The summed E-state index contributed by atoms with van der Waals surface area (Å²) in [7, 11) is -7.49. The van der Waals surface area contributed by atoms with E-state index in [2.05, 4.69) is 0 Å². The zero-order valence-electron chi connectivity index (χ0n) is 11.3. The fourth-order valence-corrected chi connectivity index (χ4v) is 3.70. The van der Waals surface area contributed by atoms with Crippen LogP contribution in [0.15, 0.2) is 52.3 Å². The molecule has 0 fully saturated rings. The highest BCUT2D eigenvalue weighted by molar-refractivity contribution is 7.90. The summed E-state index contributed by atoms with van der Waals surface area (Å²) in [6.45, 7) is 0. The van der Waals surface area contributed by atoms with E-state index in [1.54, 1.807) is 0 Å². The molecule has 0 spiro atoms. The van der Waals surface area contributed by atoms with Crippen LogP contribution in [-0.2, 0) is 25.6 Å². The van der Waals surface area contributed by atoms with Crippen LogP contribution in [0, 0.1) is 0 Å². The molecule has 2 aromatic rings. The quantitative estimate of drug-likeness (QED) is 0.549. The summed E-state index contributed by atoms with van der Waals surface area (Å²) in [6, 6.07) is 8.86. The van der Waals surface area contributed by atoms with Crippen molar-refractivity contribution in [3.8, 4) is 5.75 Å². The van der Waals surface area contributed by atoms with Crippen molar-refractivity contribution in [2.24, 2.45) is 5.14 Å². The van der Waals surface area contributed by atoms with Crippen LogP contribution in [0.1, 0.15) is 5.56 Å². The second kappa shape index (κ2) is 5.59. The van der Waals surface area contributed by atoms with Crippen molar-refractivity contribution in [1.29, 1.82) is 0 Å². The minimum Gasteiger partial charge on any atom is -0.506 e. The Balaban J connectivity index is 2.30. The van der Waals surface area contributed by atoms with Crippen molar-refractivity contribution in [2.75, 3.05) is 5.73 Å². The lowest BCUT2D eigenvalue weighted by Gasteiger charge is -2.07. The molecule has 2 aromatic carbocycles. The van der Waals surface area contributed by atoms with Crippen LogP contribution >= 0.6 is 0 Å². The molecule has 118 valence electrons. The molecule has 2 rings (SSSR count). The molecular formula is C13H14N2O5S2. The molecule has 0 bridgehead atoms. The number of rotatable bonds is 4. The Kier molecular flexibility index (Phi) is 4.14. The van der Waals surface area contributed by atoms with E-state index in [1.165, 1.54) is 42.5 Å². The molecule has 0 radical (unpaired) electrons. The first-order chi connectivity index (χ1) is 10.1. The predicted molar refractivity (Wildman–Crippen MR) is 81.2 cm³/mol. The summed E-state index contributed by atoms with van der Waals surface area (Å²) in [5.41, 5.74) is 5.85. The standard InChI is InChI=1S/C13H14N2O5S2/c14-12-7-11(5-6-13(12)16)21(17,18)8-9-1-3-10(4-2-9)22(15,19)20/h1-7,16H,8,14H2,(H2,15,19,20). The first-order valence-corrected chi connectivity index (χ1v) is 9.22. The Bertz CT molecular complexity index is 904. The number of nitrogens with two attached hydrogens (primary N) is 2. The molecule has 0 unspecified atom stereocenters. The normalized spacial score (nSPS) is 12.2. The molecule has 0 saturated carbocycles. The summed E-state index contributed by atoms with van der Waals surface area (Å²) in [4.78, 5) is -0.124. The average Bonchev–Trinajstić information content (AvgIpc) is 2.41. The molecule has 9 heteroatoms. The van der Waals surface area contributed by atoms with Gasteiger partial charge in [0, 0.05) is 0 Å². The zero-order chi connectivity index (χ0) is 16.5. The lowest BCUT2D eigenvalue weighted by molar-refractivity contribution is 0.477. The summed E-state index contributed by atoms with van der Waals surface area (Å²) >= 11 is 0. The van der Waals surface area contributed by atoms with Crippen LogP contribution in [0.5, 0.6) is 5.75 Å². The maximum absolute atomic E-state index is 12.3. The number of nitrogen functional groups attached to an aromatic ring is 1. The van der Waals surface area contributed by atoms with E-state index in [-0.39, 0.29) is 27.0 Å². The van der Waals surface area contributed by atoms with Crippen molar-refractivity contribution in [1.82, 2.24) is 0 Å². The van der Waals surface area contributed by atoms with E-state index in [9.17, 15) is 21.9 Å². The molecular weight excluding hydrogens is 328 g/mol. The molecule has 0 aliphatic heterocycles. The molecule has 0 aliphatic carbocycles. The van der Waals surface area contributed by atoms with Gasteiger partial charge in [0.2, 0.25) is 10.0 Å². The summed E-state index contributed by atoms with van der Waals surface area (Å²) in [6.07, 6.45) is 0. The van der Waals surface area contributed by atoms with Crippen LogP contribution in [0.4, 0.5) is 5.69 Å². The highest BCUT2D eigenvalue weighted by Crippen LogP contribution is 2.25. The molecule has 0 saturated heterocycles. The van der Waals surface area contributed by atoms with Gasteiger partial charge < -0.3 is 10.8 Å². The third-order valence-electron chi connectivity index (χ3n) is 2.97. The van der Waals surface area contributed by atoms with Gasteiger partial charge in [-0.25, -0.2) is 22.0 Å². The SMILES string of the molecule is Nc1cc(S(=O)(=O)Cc2ccc(S(N)(=O)=O)cc2)ccc1O. The summed E-state index contributed by atoms with van der Waals surface area (Å²) in [5.74, 6) is -0.529. The number of sulfone groups is 1. The zero-order valence-corrected chi connectivity index (χ0v) is 12.9. The van der Waals surface area contributed by atoms with Gasteiger partial charge in [-0.1, -0.05) is 12.1 Å². The van der Waals surface area contributed by atoms with E-state index in [0.717, 1.165) is 0 Å². The van der Waals surface area contributed by atoms with E-state index in [1.807, 2.05) is 0 Å². The number of aromatic hydroxyl groups is 1. The number of phenolic OH excluding ortho intramolecular Hbond substituents is 1. The van der Waals surface area contributed by atoms with Crippen molar-refractivity contribution in [2.45, 2.75) is 15.5 Å². The van der Waals surface area contributed by atoms with Crippen molar-refractivity contribution in [3.05, 3.63) is 48.0 Å². The monoisotopic (exact) mass is 342 g/mol. The van der Waals surface area contributed by atoms with Gasteiger partial charge in [-0.3, -0.25) is 0 Å². The predicted octanol–water partition coefficient (Wildman–Crippen LogP) is 0.596. The minimum absolute atomic E-state index is 0.0293. The molecule has 0 amide bonds. The first kappa shape index (κ1) is 16.3. The van der Waals surface area contributed by atoms with Crippen LogP contribution < -0.4 is 10.9 Å². The van der Waals surface area contributed by atoms with Gasteiger partial charge in [-0.2, -0.15) is 0 Å². The molecule has 0 atom stereocenters. The third-order valence-corrected chi connectivity index (χ3v) is 5.58. The third kappa shape index (κ3) is 3.56. The van der Waals surface area contributed by atoms with Gasteiger partial charge >= 0.3 is 0 Å². The van der Waals surface area contributed by atoms with Crippen LogP contribution in [0.25, 0.3) is 0 Å². The summed E-state index contributed by atoms with van der Waals surface area (Å²) < 4.78 is 46.8. The average molecular weight is 342 g/mol. The topological polar surface area (TPSA) is 141 Å². The smallest absolute Gasteiger partial charge is 0.238 e. The maximum atomic E-state index is 12.3. The molecule has 0 aliphatic rings. The fraction of sp³-hybridized carbons (Fsp3) is 0.0769. The minimum atomic E-state index is -3.82. The second-order valence-corrected chi connectivity index (χ2v) is 8.22. The van der Waals surface area contributed by atoms with Gasteiger partial charge in [0.25, 0.3) is 0 Å². The highest BCUT2D eigenvalue weighted by atomic mass is 32.2. The molecule has 5 N–H and O–H groups in total. The molecule has 7 nitrogen and oxygen atoms in total. The van der Waals surface area contributed by atoms with Crippen molar-refractivity contribution >= 4 is 25.5 Å². The van der Waals surface area contributed by atoms with Crippen LogP contribution in [0.2, 0.25) is 0 Å². The molecule has 0 heterocycles. The lowest BCUT2D eigenvalue weighted by atomic mass is 10.2. The Morgan fingerprint density at radius 2 is 1.45 bits per heavy atom. The Morgan fingerprint density at radius 1 is 0.909 bits per heavy atom. The summed E-state index contributed by atoms with van der Waals surface area (Å²) in [5, 5.41) is 14.3. The molecule has 22 heavy (non-hydrogen) atoms. The number of anilines is 1. The Labute approximate surface area is 128 Å². The first-order valence-electron chi connectivity index (χ1n) is 6.02. The van der Waals surface area contributed by atoms with E-state index >= 15 is 0 Å². The number of benzene rings is 2. The van der Waals surface area contributed by atoms with Crippen molar-refractivity contribution in [3.63, 3.8) is 0 Å². The van der Waals surface area contributed by atoms with Crippen molar-refractivity contribution < 1.29 is 21.9 Å². The van der Waals surface area contributed by atoms with E-state index in [0.29, 0.717) is 5.56 Å². The van der Waals surface area contributed by atoms with Gasteiger partial charge in [-0.05, 0) is 35.9 Å². The lowest BCUT2D eigenvalue weighted by Crippen LogP contribution is -2.12. The number of phenols is 1. The number of hydrogen-bond acceptors (Lipinski definition) is 6.